The van der Waals surface area contributed by atoms with E-state index in [1.54, 1.807) is 32.3 Å². The van der Waals surface area contributed by atoms with Gasteiger partial charge >= 0.3 is 0 Å². The number of carbonyl (C=O) groups excluding carboxylic acids is 2. The molecule has 0 aromatic carbocycles. The van der Waals surface area contributed by atoms with Crippen LogP contribution in [0.15, 0.2) is 35.0 Å². The Kier molecular flexibility index (Phi) is 4.98. The molecule has 7 heteroatoms. The van der Waals surface area contributed by atoms with Crippen molar-refractivity contribution in [2.45, 2.75) is 20.3 Å². The van der Waals surface area contributed by atoms with Crippen molar-refractivity contribution in [2.24, 2.45) is 17.8 Å². The van der Waals surface area contributed by atoms with Crippen LogP contribution in [0.1, 0.15) is 34.1 Å². The maximum atomic E-state index is 12.6. The number of amides is 2. The van der Waals surface area contributed by atoms with Crippen LogP contribution in [0.5, 0.6) is 0 Å². The molecule has 1 aliphatic carbocycles. The van der Waals surface area contributed by atoms with Crippen molar-refractivity contribution < 1.29 is 14.0 Å². The summed E-state index contributed by atoms with van der Waals surface area (Å²) in [6, 6.07) is 3.74. The predicted molar refractivity (Wildman–Crippen MR) is 103 cm³/mol. The molecule has 2 aromatic heterocycles. The van der Waals surface area contributed by atoms with E-state index in [1.807, 2.05) is 17.0 Å². The van der Waals surface area contributed by atoms with Gasteiger partial charge in [-0.05, 0) is 48.8 Å². The number of carbonyl (C=O) groups is 2. The summed E-state index contributed by atoms with van der Waals surface area (Å²) in [6.45, 7) is 5.74. The summed E-state index contributed by atoms with van der Waals surface area (Å²) in [7, 11) is 0. The highest BCUT2D eigenvalue weighted by atomic mass is 16.4. The molecule has 2 aliphatic rings. The monoisotopic (exact) mass is 380 g/mol. The van der Waals surface area contributed by atoms with E-state index in [2.05, 4.69) is 15.3 Å². The molecule has 0 radical (unpaired) electrons. The summed E-state index contributed by atoms with van der Waals surface area (Å²) < 4.78 is 5.45. The van der Waals surface area contributed by atoms with Crippen LogP contribution < -0.4 is 5.32 Å². The van der Waals surface area contributed by atoms with Gasteiger partial charge in [-0.1, -0.05) is 6.07 Å². The molecule has 1 saturated carbocycles. The fraction of sp³-hybridized carbons (Fsp3) is 0.429. The molecule has 28 heavy (non-hydrogen) atoms. The van der Waals surface area contributed by atoms with E-state index in [4.69, 9.17) is 4.42 Å². The van der Waals surface area contributed by atoms with E-state index >= 15 is 0 Å². The highest BCUT2D eigenvalue weighted by Gasteiger charge is 2.56. The zero-order valence-electron chi connectivity index (χ0n) is 16.1. The highest BCUT2D eigenvalue weighted by molar-refractivity contribution is 5.93. The van der Waals surface area contributed by atoms with Crippen LogP contribution in [0.25, 0.3) is 6.08 Å². The van der Waals surface area contributed by atoms with Crippen LogP contribution in [0, 0.1) is 31.6 Å². The van der Waals surface area contributed by atoms with E-state index in [1.165, 1.54) is 6.08 Å². The van der Waals surface area contributed by atoms with Gasteiger partial charge in [-0.25, -0.2) is 4.98 Å². The maximum Gasteiger partial charge on any atom is 0.291 e. The van der Waals surface area contributed by atoms with Crippen molar-refractivity contribution in [3.8, 4) is 0 Å². The third-order valence-electron chi connectivity index (χ3n) is 5.64. The number of hydrogen-bond donors (Lipinski definition) is 1. The van der Waals surface area contributed by atoms with Crippen molar-refractivity contribution in [3.05, 3.63) is 53.5 Å². The van der Waals surface area contributed by atoms with Gasteiger partial charge in [-0.2, -0.15) is 0 Å². The molecule has 0 bridgehead atoms. The molecule has 1 saturated heterocycles. The molecule has 0 unspecified atom stereocenters. The molecule has 1 N–H and O–H groups in total. The average Bonchev–Trinajstić information content (AvgIpc) is 3.01. The Morgan fingerprint density at radius 1 is 1.32 bits per heavy atom. The number of hydrogen-bond acceptors (Lipinski definition) is 5. The number of likely N-dealkylation sites (tertiary alicyclic amines) is 1. The standard InChI is InChI=1S/C21H24N4O3/c1-13-20(28-14(2)24-13)21(27)25-11-17-16(18(17)12-25)7-9-23-19(26)6-5-15-4-3-8-22-10-15/h3-6,8,10,16-18H,7,9,11-12H2,1-2H3,(H,23,26)/b6-5+/t16-,17-,18+. The van der Waals surface area contributed by atoms with Crippen molar-refractivity contribution in [1.29, 1.82) is 0 Å². The molecular formula is C21H24N4O3. The number of rotatable bonds is 6. The summed E-state index contributed by atoms with van der Waals surface area (Å²) in [5.41, 5.74) is 1.55. The molecular weight excluding hydrogens is 356 g/mol. The van der Waals surface area contributed by atoms with Gasteiger partial charge in [-0.3, -0.25) is 14.6 Å². The Bertz CT molecular complexity index is 894. The second-order valence-corrected chi connectivity index (χ2v) is 7.55. The number of piperidine rings is 1. The van der Waals surface area contributed by atoms with E-state index in [-0.39, 0.29) is 11.8 Å². The summed E-state index contributed by atoms with van der Waals surface area (Å²) >= 11 is 0. The SMILES string of the molecule is Cc1nc(C)c(C(=O)N2C[C@@H]3[C@@H](CCNC(=O)/C=C/c4cccnc4)[C@@H]3C2)o1. The van der Waals surface area contributed by atoms with Gasteiger partial charge in [0.05, 0.1) is 5.69 Å². The Morgan fingerprint density at radius 2 is 2.11 bits per heavy atom. The van der Waals surface area contributed by atoms with Gasteiger partial charge in [0.2, 0.25) is 11.7 Å². The normalized spacial score (nSPS) is 23.1. The molecule has 1 aliphatic heterocycles. The van der Waals surface area contributed by atoms with Crippen LogP contribution in [0.4, 0.5) is 0 Å². The van der Waals surface area contributed by atoms with Crippen LogP contribution in [-0.4, -0.2) is 46.3 Å². The molecule has 2 aromatic rings. The number of oxazole rings is 1. The predicted octanol–water partition coefficient (Wildman–Crippen LogP) is 2.22. The fourth-order valence-corrected chi connectivity index (χ4v) is 4.18. The quantitative estimate of drug-likeness (QED) is 0.777. The number of aromatic nitrogens is 2. The first-order valence-corrected chi connectivity index (χ1v) is 9.62. The van der Waals surface area contributed by atoms with Crippen molar-refractivity contribution >= 4 is 17.9 Å². The highest BCUT2D eigenvalue weighted by Crippen LogP contribution is 2.53. The second-order valence-electron chi connectivity index (χ2n) is 7.55. The molecule has 7 nitrogen and oxygen atoms in total. The minimum absolute atomic E-state index is 0.0575. The lowest BCUT2D eigenvalue weighted by molar-refractivity contribution is -0.116. The molecule has 4 rings (SSSR count). The number of nitrogens with zero attached hydrogens (tertiary/aromatic N) is 3. The first-order valence-electron chi connectivity index (χ1n) is 9.62. The molecule has 3 atom stereocenters. The maximum absolute atomic E-state index is 12.6. The van der Waals surface area contributed by atoms with Crippen LogP contribution in [0.3, 0.4) is 0 Å². The minimum Gasteiger partial charge on any atom is -0.436 e. The zero-order valence-corrected chi connectivity index (χ0v) is 16.1. The van der Waals surface area contributed by atoms with E-state index in [0.717, 1.165) is 25.1 Å². The molecule has 146 valence electrons. The minimum atomic E-state index is -0.0948. The van der Waals surface area contributed by atoms with Gasteiger partial charge in [0.15, 0.2) is 5.89 Å². The van der Waals surface area contributed by atoms with Gasteiger partial charge in [-0.15, -0.1) is 0 Å². The Balaban J connectivity index is 1.19. The number of pyridine rings is 1. The Labute approximate surface area is 163 Å². The summed E-state index contributed by atoms with van der Waals surface area (Å²) in [5.74, 6) is 2.40. The topological polar surface area (TPSA) is 88.3 Å². The van der Waals surface area contributed by atoms with Gasteiger partial charge < -0.3 is 14.6 Å². The number of aryl methyl sites for hydroxylation is 2. The third kappa shape index (κ3) is 3.83. The zero-order chi connectivity index (χ0) is 19.7. The van der Waals surface area contributed by atoms with Gasteiger partial charge in [0, 0.05) is 45.0 Å². The van der Waals surface area contributed by atoms with Crippen molar-refractivity contribution in [3.63, 3.8) is 0 Å². The Hall–Kier alpha value is -2.96. The third-order valence-corrected chi connectivity index (χ3v) is 5.64. The summed E-state index contributed by atoms with van der Waals surface area (Å²) in [6.07, 6.45) is 7.65. The molecule has 3 heterocycles. The lowest BCUT2D eigenvalue weighted by Crippen LogP contribution is -2.32. The van der Waals surface area contributed by atoms with E-state index in [9.17, 15) is 9.59 Å². The fourth-order valence-electron chi connectivity index (χ4n) is 4.18. The first kappa shape index (κ1) is 18.4. The largest absolute Gasteiger partial charge is 0.436 e. The number of nitrogens with one attached hydrogen (secondary N) is 1. The number of fused-ring (bicyclic) bond motifs is 1. The smallest absolute Gasteiger partial charge is 0.291 e. The lowest BCUT2D eigenvalue weighted by atomic mass is 10.2. The molecule has 2 amide bonds. The van der Waals surface area contributed by atoms with Crippen molar-refractivity contribution in [2.75, 3.05) is 19.6 Å². The summed E-state index contributed by atoms with van der Waals surface area (Å²) in [5, 5.41) is 2.93. The van der Waals surface area contributed by atoms with Gasteiger partial charge in [0.1, 0.15) is 0 Å². The van der Waals surface area contributed by atoms with E-state index < -0.39 is 0 Å². The summed E-state index contributed by atoms with van der Waals surface area (Å²) in [4.78, 5) is 34.5. The van der Waals surface area contributed by atoms with Crippen molar-refractivity contribution in [1.82, 2.24) is 20.2 Å². The average molecular weight is 380 g/mol. The second kappa shape index (κ2) is 7.58. The van der Waals surface area contributed by atoms with Gasteiger partial charge in [0.25, 0.3) is 5.91 Å². The van der Waals surface area contributed by atoms with Crippen LogP contribution in [0.2, 0.25) is 0 Å². The lowest BCUT2D eigenvalue weighted by Gasteiger charge is -2.18. The van der Waals surface area contributed by atoms with E-state index in [0.29, 0.717) is 41.6 Å². The molecule has 0 spiro atoms. The molecule has 2 fully saturated rings. The van der Waals surface area contributed by atoms with Crippen LogP contribution >= 0.6 is 0 Å². The van der Waals surface area contributed by atoms with Crippen LogP contribution in [-0.2, 0) is 4.79 Å². The Morgan fingerprint density at radius 3 is 2.75 bits per heavy atom. The first-order chi connectivity index (χ1) is 13.5.